The van der Waals surface area contributed by atoms with Crippen LogP contribution >= 0.6 is 35.3 Å². The van der Waals surface area contributed by atoms with Gasteiger partial charge in [-0.25, -0.2) is 4.98 Å². The number of benzene rings is 1. The lowest BCUT2D eigenvalue weighted by Gasteiger charge is -2.21. The van der Waals surface area contributed by atoms with Gasteiger partial charge < -0.3 is 15.1 Å². The fourth-order valence-electron chi connectivity index (χ4n) is 2.46. The molecule has 0 unspecified atom stereocenters. The number of aliphatic imine (C=N–C) groups is 1. The second-order valence-electron chi connectivity index (χ2n) is 6.00. The van der Waals surface area contributed by atoms with E-state index >= 15 is 0 Å². The molecule has 0 spiro atoms. The van der Waals surface area contributed by atoms with E-state index in [9.17, 15) is 0 Å². The molecule has 0 radical (unpaired) electrons. The normalized spacial score (nSPS) is 11.0. The summed E-state index contributed by atoms with van der Waals surface area (Å²) in [6.07, 6.45) is 0.969. The fraction of sp³-hybridized carbons (Fsp3) is 0.444. The van der Waals surface area contributed by atoms with Gasteiger partial charge in [-0.15, -0.1) is 35.3 Å². The van der Waals surface area contributed by atoms with Gasteiger partial charge in [-0.05, 0) is 31.0 Å². The van der Waals surface area contributed by atoms with Crippen LogP contribution in [0.2, 0.25) is 0 Å². The molecule has 1 heterocycles. The quantitative estimate of drug-likeness (QED) is 0.397. The zero-order chi connectivity index (χ0) is 17.5. The number of anilines is 1. The van der Waals surface area contributed by atoms with Gasteiger partial charge in [-0.3, -0.25) is 4.99 Å². The summed E-state index contributed by atoms with van der Waals surface area (Å²) in [5, 5.41) is 6.63. The Labute approximate surface area is 172 Å². The molecular formula is C18H28IN5S. The van der Waals surface area contributed by atoms with E-state index in [-0.39, 0.29) is 24.0 Å². The lowest BCUT2D eigenvalue weighted by atomic mass is 10.1. The average Bonchev–Trinajstić information content (AvgIpc) is 2.96. The van der Waals surface area contributed by atoms with Crippen molar-refractivity contribution in [1.29, 1.82) is 0 Å². The maximum Gasteiger partial charge on any atom is 0.193 e. The number of nitrogens with one attached hydrogen (secondary N) is 1. The van der Waals surface area contributed by atoms with Gasteiger partial charge >= 0.3 is 0 Å². The highest BCUT2D eigenvalue weighted by Crippen LogP contribution is 2.12. The largest absolute Gasteiger partial charge is 0.378 e. The number of rotatable bonds is 6. The fourth-order valence-corrected chi connectivity index (χ4v) is 3.07. The average molecular weight is 473 g/mol. The first kappa shape index (κ1) is 21.7. The zero-order valence-corrected chi connectivity index (χ0v) is 18.8. The summed E-state index contributed by atoms with van der Waals surface area (Å²) in [4.78, 5) is 13.1. The lowest BCUT2D eigenvalue weighted by molar-refractivity contribution is 0.471. The highest BCUT2D eigenvalue weighted by molar-refractivity contribution is 14.0. The van der Waals surface area contributed by atoms with Crippen molar-refractivity contribution in [3.8, 4) is 0 Å². The molecule has 1 aromatic carbocycles. The van der Waals surface area contributed by atoms with Crippen LogP contribution < -0.4 is 10.2 Å². The van der Waals surface area contributed by atoms with Gasteiger partial charge in [0.1, 0.15) is 0 Å². The first-order valence-electron chi connectivity index (χ1n) is 8.08. The third-order valence-corrected chi connectivity index (χ3v) is 4.61. The molecule has 2 aromatic rings. The Hall–Kier alpha value is -1.35. The number of guanidine groups is 1. The SMILES string of the molecule is CN=C(NCCc1ccc(N(C)C)cc1)N(C)Cc1csc(C)n1.I. The van der Waals surface area contributed by atoms with Crippen molar-refractivity contribution in [3.05, 3.63) is 45.9 Å². The molecule has 2 rings (SSSR count). The smallest absolute Gasteiger partial charge is 0.193 e. The first-order valence-corrected chi connectivity index (χ1v) is 8.96. The molecule has 1 N–H and O–H groups in total. The maximum atomic E-state index is 4.51. The Morgan fingerprint density at radius 1 is 1.20 bits per heavy atom. The summed E-state index contributed by atoms with van der Waals surface area (Å²) >= 11 is 1.68. The van der Waals surface area contributed by atoms with Crippen molar-refractivity contribution >= 4 is 47.0 Å². The third kappa shape index (κ3) is 6.81. The molecule has 0 fully saturated rings. The molecule has 138 valence electrons. The van der Waals surface area contributed by atoms with Crippen molar-refractivity contribution in [3.63, 3.8) is 0 Å². The molecule has 0 saturated heterocycles. The van der Waals surface area contributed by atoms with Gasteiger partial charge in [-0.1, -0.05) is 12.1 Å². The van der Waals surface area contributed by atoms with Gasteiger partial charge in [0, 0.05) is 45.8 Å². The molecule has 0 amide bonds. The number of hydrogen-bond acceptors (Lipinski definition) is 4. The van der Waals surface area contributed by atoms with Crippen LogP contribution in [0, 0.1) is 6.92 Å². The molecular weight excluding hydrogens is 445 g/mol. The van der Waals surface area contributed by atoms with E-state index in [1.54, 1.807) is 11.3 Å². The van der Waals surface area contributed by atoms with Crippen molar-refractivity contribution in [2.24, 2.45) is 4.99 Å². The van der Waals surface area contributed by atoms with Gasteiger partial charge in [0.05, 0.1) is 17.2 Å². The number of thiazole rings is 1. The van der Waals surface area contributed by atoms with E-state index in [1.165, 1.54) is 11.3 Å². The standard InChI is InChI=1S/C18H27N5S.HI/c1-14-21-16(13-24-14)12-23(5)18(19-2)20-11-10-15-6-8-17(9-7-15)22(3)4;/h6-9,13H,10-12H2,1-5H3,(H,19,20);1H. The number of hydrogen-bond donors (Lipinski definition) is 1. The lowest BCUT2D eigenvalue weighted by Crippen LogP contribution is -2.39. The zero-order valence-electron chi connectivity index (χ0n) is 15.6. The van der Waals surface area contributed by atoms with Crippen LogP contribution in [0.25, 0.3) is 0 Å². The molecule has 7 heteroatoms. The van der Waals surface area contributed by atoms with E-state index in [2.05, 4.69) is 68.8 Å². The monoisotopic (exact) mass is 473 g/mol. The van der Waals surface area contributed by atoms with Gasteiger partial charge in [0.15, 0.2) is 5.96 Å². The third-order valence-electron chi connectivity index (χ3n) is 3.79. The molecule has 0 bridgehead atoms. The van der Waals surface area contributed by atoms with Crippen LogP contribution in [0.3, 0.4) is 0 Å². The molecule has 0 aliphatic heterocycles. The molecule has 1 aromatic heterocycles. The molecule has 0 atom stereocenters. The Bertz CT molecular complexity index is 666. The number of aryl methyl sites for hydroxylation is 1. The van der Waals surface area contributed by atoms with Crippen molar-refractivity contribution in [1.82, 2.24) is 15.2 Å². The van der Waals surface area contributed by atoms with Crippen LogP contribution in [0.5, 0.6) is 0 Å². The highest BCUT2D eigenvalue weighted by Gasteiger charge is 2.08. The topological polar surface area (TPSA) is 43.8 Å². The van der Waals surface area contributed by atoms with E-state index in [0.29, 0.717) is 0 Å². The van der Waals surface area contributed by atoms with Crippen LogP contribution in [0.4, 0.5) is 5.69 Å². The summed E-state index contributed by atoms with van der Waals surface area (Å²) < 4.78 is 0. The van der Waals surface area contributed by atoms with Crippen molar-refractivity contribution in [2.75, 3.05) is 39.6 Å². The molecule has 0 aliphatic carbocycles. The van der Waals surface area contributed by atoms with Crippen LogP contribution in [-0.2, 0) is 13.0 Å². The summed E-state index contributed by atoms with van der Waals surface area (Å²) in [7, 11) is 7.97. The van der Waals surface area contributed by atoms with E-state index in [1.807, 2.05) is 21.0 Å². The van der Waals surface area contributed by atoms with E-state index in [0.717, 1.165) is 36.2 Å². The molecule has 25 heavy (non-hydrogen) atoms. The number of aromatic nitrogens is 1. The second kappa shape index (κ2) is 10.6. The summed E-state index contributed by atoms with van der Waals surface area (Å²) in [6, 6.07) is 8.67. The first-order chi connectivity index (χ1) is 11.5. The van der Waals surface area contributed by atoms with Crippen molar-refractivity contribution < 1.29 is 0 Å². The van der Waals surface area contributed by atoms with E-state index in [4.69, 9.17) is 0 Å². The Morgan fingerprint density at radius 3 is 2.40 bits per heavy atom. The molecule has 0 aliphatic rings. The predicted molar refractivity (Wildman–Crippen MR) is 120 cm³/mol. The predicted octanol–water partition coefficient (Wildman–Crippen LogP) is 3.39. The minimum atomic E-state index is 0. The van der Waals surface area contributed by atoms with E-state index < -0.39 is 0 Å². The minimum Gasteiger partial charge on any atom is -0.378 e. The Morgan fingerprint density at radius 2 is 1.88 bits per heavy atom. The molecule has 5 nitrogen and oxygen atoms in total. The maximum absolute atomic E-state index is 4.51. The second-order valence-corrected chi connectivity index (χ2v) is 7.06. The Balaban J connectivity index is 0.00000312. The van der Waals surface area contributed by atoms with Crippen LogP contribution in [0.1, 0.15) is 16.3 Å². The summed E-state index contributed by atoms with van der Waals surface area (Å²) in [5.41, 5.74) is 3.63. The number of nitrogens with zero attached hydrogens (tertiary/aromatic N) is 4. The summed E-state index contributed by atoms with van der Waals surface area (Å²) in [5.74, 6) is 0.894. The van der Waals surface area contributed by atoms with Gasteiger partial charge in [0.25, 0.3) is 0 Å². The Kier molecular flexibility index (Phi) is 9.20. The van der Waals surface area contributed by atoms with Gasteiger partial charge in [-0.2, -0.15) is 0 Å². The summed E-state index contributed by atoms with van der Waals surface area (Å²) in [6.45, 7) is 3.65. The minimum absolute atomic E-state index is 0. The highest BCUT2D eigenvalue weighted by atomic mass is 127. The van der Waals surface area contributed by atoms with Crippen LogP contribution in [-0.4, -0.2) is 50.6 Å². The number of halogens is 1. The van der Waals surface area contributed by atoms with Crippen molar-refractivity contribution in [2.45, 2.75) is 19.9 Å². The molecule has 0 saturated carbocycles. The van der Waals surface area contributed by atoms with Crippen LogP contribution in [0.15, 0.2) is 34.6 Å². The van der Waals surface area contributed by atoms with Gasteiger partial charge in [0.2, 0.25) is 0 Å².